The Bertz CT molecular complexity index is 386. The molecule has 2 fully saturated rings. The Labute approximate surface area is 105 Å². The van der Waals surface area contributed by atoms with E-state index in [0.29, 0.717) is 24.9 Å². The molecule has 2 aliphatic rings. The van der Waals surface area contributed by atoms with Crippen LogP contribution in [0.25, 0.3) is 0 Å². The Morgan fingerprint density at radius 2 is 1.71 bits per heavy atom. The first-order valence-corrected chi connectivity index (χ1v) is 7.91. The molecule has 1 saturated carbocycles. The molecule has 0 aromatic rings. The fourth-order valence-electron chi connectivity index (χ4n) is 3.01. The summed E-state index contributed by atoms with van der Waals surface area (Å²) >= 11 is 0. The van der Waals surface area contributed by atoms with Gasteiger partial charge in [-0.15, -0.1) is 0 Å². The topological polar surface area (TPSA) is 63.4 Å². The first-order chi connectivity index (χ1) is 7.72. The van der Waals surface area contributed by atoms with Crippen molar-refractivity contribution in [3.8, 4) is 0 Å². The van der Waals surface area contributed by atoms with E-state index in [1.54, 1.807) is 25.1 Å². The highest BCUT2D eigenvalue weighted by Crippen LogP contribution is 2.38. The SMILES string of the molecule is CC(C)(C)S(=O)(=O)N1C[C@H]2CCC(N)C[C@H]2C1. The zero-order chi connectivity index (χ0) is 12.8. The van der Waals surface area contributed by atoms with Crippen molar-refractivity contribution in [3.05, 3.63) is 0 Å². The molecule has 1 saturated heterocycles. The van der Waals surface area contributed by atoms with Crippen LogP contribution in [0.3, 0.4) is 0 Å². The van der Waals surface area contributed by atoms with Crippen LogP contribution in [-0.4, -0.2) is 36.6 Å². The molecule has 5 heteroatoms. The van der Waals surface area contributed by atoms with Crippen molar-refractivity contribution in [2.24, 2.45) is 17.6 Å². The van der Waals surface area contributed by atoms with Gasteiger partial charge in [-0.2, -0.15) is 0 Å². The summed E-state index contributed by atoms with van der Waals surface area (Å²) in [6.07, 6.45) is 3.12. The van der Waals surface area contributed by atoms with Gasteiger partial charge in [0.25, 0.3) is 0 Å². The average molecular weight is 260 g/mol. The minimum atomic E-state index is -3.16. The predicted octanol–water partition coefficient (Wildman–Crippen LogP) is 1.17. The highest BCUT2D eigenvalue weighted by molar-refractivity contribution is 7.90. The molecule has 1 aliphatic carbocycles. The average Bonchev–Trinajstić information content (AvgIpc) is 2.58. The van der Waals surface area contributed by atoms with E-state index in [1.807, 2.05) is 0 Å². The predicted molar refractivity (Wildman–Crippen MR) is 69.1 cm³/mol. The second kappa shape index (κ2) is 4.21. The summed E-state index contributed by atoms with van der Waals surface area (Å²) in [5, 5.41) is 0. The van der Waals surface area contributed by atoms with Crippen molar-refractivity contribution >= 4 is 10.0 Å². The minimum Gasteiger partial charge on any atom is -0.328 e. The number of sulfonamides is 1. The normalized spacial score (nSPS) is 35.9. The smallest absolute Gasteiger partial charge is 0.219 e. The third-order valence-electron chi connectivity index (χ3n) is 4.17. The molecule has 17 heavy (non-hydrogen) atoms. The van der Waals surface area contributed by atoms with Gasteiger partial charge in [0.05, 0.1) is 4.75 Å². The van der Waals surface area contributed by atoms with E-state index in [1.165, 1.54) is 0 Å². The second-order valence-electron chi connectivity index (χ2n) is 6.53. The molecule has 0 aromatic carbocycles. The highest BCUT2D eigenvalue weighted by Gasteiger charge is 2.44. The van der Waals surface area contributed by atoms with E-state index in [4.69, 9.17) is 5.73 Å². The van der Waals surface area contributed by atoms with Crippen molar-refractivity contribution in [1.82, 2.24) is 4.31 Å². The van der Waals surface area contributed by atoms with Gasteiger partial charge in [-0.05, 0) is 51.9 Å². The summed E-state index contributed by atoms with van der Waals surface area (Å²) in [6, 6.07) is 0.272. The van der Waals surface area contributed by atoms with E-state index < -0.39 is 14.8 Å². The maximum absolute atomic E-state index is 12.4. The second-order valence-corrected chi connectivity index (χ2v) is 9.22. The third kappa shape index (κ3) is 2.37. The highest BCUT2D eigenvalue weighted by atomic mass is 32.2. The molecular formula is C12H24N2O2S. The van der Waals surface area contributed by atoms with Crippen molar-refractivity contribution in [2.75, 3.05) is 13.1 Å². The molecule has 100 valence electrons. The first-order valence-electron chi connectivity index (χ1n) is 6.47. The fourth-order valence-corrected chi connectivity index (χ4v) is 4.56. The summed E-state index contributed by atoms with van der Waals surface area (Å²) < 4.78 is 25.8. The number of hydrogen-bond donors (Lipinski definition) is 1. The van der Waals surface area contributed by atoms with Crippen LogP contribution in [0.15, 0.2) is 0 Å². The molecule has 1 unspecified atom stereocenters. The largest absolute Gasteiger partial charge is 0.328 e. The van der Waals surface area contributed by atoms with Crippen LogP contribution in [0, 0.1) is 11.8 Å². The molecule has 2 rings (SSSR count). The Balaban J connectivity index is 2.13. The molecule has 3 atom stereocenters. The lowest BCUT2D eigenvalue weighted by Gasteiger charge is -2.28. The van der Waals surface area contributed by atoms with E-state index >= 15 is 0 Å². The molecule has 0 aromatic heterocycles. The van der Waals surface area contributed by atoms with Gasteiger partial charge in [-0.1, -0.05) is 0 Å². The van der Waals surface area contributed by atoms with Crippen molar-refractivity contribution in [3.63, 3.8) is 0 Å². The van der Waals surface area contributed by atoms with Gasteiger partial charge >= 0.3 is 0 Å². The summed E-state index contributed by atoms with van der Waals surface area (Å²) in [6.45, 7) is 6.71. The van der Waals surface area contributed by atoms with E-state index in [9.17, 15) is 8.42 Å². The molecule has 4 nitrogen and oxygen atoms in total. The first kappa shape index (κ1) is 13.3. The molecule has 0 amide bonds. The van der Waals surface area contributed by atoms with Crippen molar-refractivity contribution in [2.45, 2.75) is 50.8 Å². The van der Waals surface area contributed by atoms with Crippen LogP contribution in [0.2, 0.25) is 0 Å². The molecule has 1 heterocycles. The molecule has 0 radical (unpaired) electrons. The van der Waals surface area contributed by atoms with Crippen molar-refractivity contribution < 1.29 is 8.42 Å². The van der Waals surface area contributed by atoms with Gasteiger partial charge in [0.1, 0.15) is 0 Å². The van der Waals surface area contributed by atoms with Gasteiger partial charge in [0.15, 0.2) is 0 Å². The summed E-state index contributed by atoms with van der Waals surface area (Å²) in [5.74, 6) is 1.02. The molecule has 2 N–H and O–H groups in total. The Morgan fingerprint density at radius 3 is 2.29 bits per heavy atom. The zero-order valence-electron chi connectivity index (χ0n) is 11.0. The zero-order valence-corrected chi connectivity index (χ0v) is 11.8. The van der Waals surface area contributed by atoms with Crippen LogP contribution < -0.4 is 5.73 Å². The van der Waals surface area contributed by atoms with Crippen LogP contribution in [0.1, 0.15) is 40.0 Å². The summed E-state index contributed by atoms with van der Waals surface area (Å²) in [5.41, 5.74) is 5.96. The summed E-state index contributed by atoms with van der Waals surface area (Å²) in [4.78, 5) is 0. The Kier molecular flexibility index (Phi) is 3.30. The van der Waals surface area contributed by atoms with Gasteiger partial charge in [0.2, 0.25) is 10.0 Å². The van der Waals surface area contributed by atoms with E-state index in [2.05, 4.69) is 0 Å². The lowest BCUT2D eigenvalue weighted by Crippen LogP contribution is -2.41. The third-order valence-corrected chi connectivity index (χ3v) is 6.70. The van der Waals surface area contributed by atoms with Gasteiger partial charge < -0.3 is 5.73 Å². The minimum absolute atomic E-state index is 0.272. The van der Waals surface area contributed by atoms with Crippen LogP contribution >= 0.6 is 0 Å². The monoisotopic (exact) mass is 260 g/mol. The number of rotatable bonds is 1. The standard InChI is InChI=1S/C12H24N2O2S/c1-12(2,3)17(15,16)14-7-9-4-5-11(13)6-10(9)8-14/h9-11H,4-8,13H2,1-3H3/t9-,10+,11?/m1/s1. The summed E-state index contributed by atoms with van der Waals surface area (Å²) in [7, 11) is -3.16. The van der Waals surface area contributed by atoms with Gasteiger partial charge in [-0.25, -0.2) is 12.7 Å². The lowest BCUT2D eigenvalue weighted by atomic mass is 9.79. The fraction of sp³-hybridized carbons (Fsp3) is 1.00. The quantitative estimate of drug-likeness (QED) is 0.770. The maximum Gasteiger partial charge on any atom is 0.219 e. The van der Waals surface area contributed by atoms with Crippen LogP contribution in [0.4, 0.5) is 0 Å². The van der Waals surface area contributed by atoms with Crippen molar-refractivity contribution in [1.29, 1.82) is 0 Å². The molecule has 0 bridgehead atoms. The van der Waals surface area contributed by atoms with Gasteiger partial charge in [0, 0.05) is 19.1 Å². The number of hydrogen-bond acceptors (Lipinski definition) is 3. The van der Waals surface area contributed by atoms with Crippen LogP contribution in [-0.2, 0) is 10.0 Å². The lowest BCUT2D eigenvalue weighted by molar-refractivity contribution is 0.271. The number of nitrogens with two attached hydrogens (primary N) is 1. The van der Waals surface area contributed by atoms with Gasteiger partial charge in [-0.3, -0.25) is 0 Å². The molecule has 0 spiro atoms. The molecular weight excluding hydrogens is 236 g/mol. The maximum atomic E-state index is 12.4. The van der Waals surface area contributed by atoms with E-state index in [0.717, 1.165) is 19.3 Å². The Hall–Kier alpha value is -0.130. The number of nitrogens with zero attached hydrogens (tertiary/aromatic N) is 1. The number of fused-ring (bicyclic) bond motifs is 1. The van der Waals surface area contributed by atoms with Crippen LogP contribution in [0.5, 0.6) is 0 Å². The Morgan fingerprint density at radius 1 is 1.12 bits per heavy atom. The molecule has 1 aliphatic heterocycles. The van der Waals surface area contributed by atoms with E-state index in [-0.39, 0.29) is 6.04 Å².